The summed E-state index contributed by atoms with van der Waals surface area (Å²) in [6, 6.07) is 6.64. The van der Waals surface area contributed by atoms with Crippen molar-refractivity contribution in [3.63, 3.8) is 0 Å². The fraction of sp³-hybridized carbons (Fsp3) is 0.476. The Kier molecular flexibility index (Phi) is 14.1. The smallest absolute Gasteiger partial charge is 0.263 e. The van der Waals surface area contributed by atoms with E-state index in [1.165, 1.54) is 42.7 Å². The third-order valence-corrected chi connectivity index (χ3v) is 5.80. The van der Waals surface area contributed by atoms with Gasteiger partial charge in [-0.05, 0) is 30.7 Å². The highest BCUT2D eigenvalue weighted by molar-refractivity contribution is 7.92. The average molecular weight is 500 g/mol. The van der Waals surface area contributed by atoms with Crippen LogP contribution in [0.1, 0.15) is 71.9 Å². The summed E-state index contributed by atoms with van der Waals surface area (Å²) in [6.45, 7) is 2.86. The van der Waals surface area contributed by atoms with E-state index in [0.717, 1.165) is 36.4 Å². The largest absolute Gasteiger partial charge is 0.409 e. The van der Waals surface area contributed by atoms with Crippen LogP contribution in [0.15, 0.2) is 30.5 Å². The van der Waals surface area contributed by atoms with Crippen LogP contribution in [0, 0.1) is 0 Å². The summed E-state index contributed by atoms with van der Waals surface area (Å²) in [7, 11) is 1.66. The molecule has 2 rings (SSSR count). The first-order valence-corrected chi connectivity index (χ1v) is 12.0. The number of hydrogen-bond donors (Lipinski definition) is 3. The molecule has 0 aliphatic heterocycles. The SMILES string of the molecule is CCCCCCCCCNC(=O)c1cnc(NC(=O)c2ccc(OSN(C)N)cc2)s1.S. The van der Waals surface area contributed by atoms with Crippen molar-refractivity contribution in [3.05, 3.63) is 40.9 Å². The number of benzene rings is 1. The van der Waals surface area contributed by atoms with E-state index in [4.69, 9.17) is 10.0 Å². The molecule has 0 saturated heterocycles. The number of unbranched alkanes of at least 4 members (excludes halogenated alkanes) is 6. The molecule has 0 radical (unpaired) electrons. The highest BCUT2D eigenvalue weighted by Crippen LogP contribution is 2.21. The monoisotopic (exact) mass is 499 g/mol. The van der Waals surface area contributed by atoms with E-state index in [1.54, 1.807) is 31.3 Å². The predicted octanol–water partition coefficient (Wildman–Crippen LogP) is 4.74. The van der Waals surface area contributed by atoms with Crippen LogP contribution in [0.3, 0.4) is 0 Å². The summed E-state index contributed by atoms with van der Waals surface area (Å²) in [5, 5.41) is 6.02. The van der Waals surface area contributed by atoms with E-state index in [0.29, 0.717) is 27.9 Å². The summed E-state index contributed by atoms with van der Waals surface area (Å²) < 4.78 is 6.68. The maximum atomic E-state index is 12.4. The van der Waals surface area contributed by atoms with Crippen molar-refractivity contribution in [1.82, 2.24) is 14.7 Å². The lowest BCUT2D eigenvalue weighted by Crippen LogP contribution is -2.23. The van der Waals surface area contributed by atoms with Gasteiger partial charge >= 0.3 is 0 Å². The Balaban J connectivity index is 0.00000512. The number of aromatic nitrogens is 1. The fourth-order valence-corrected chi connectivity index (χ4v) is 3.78. The number of thiazole rings is 1. The van der Waals surface area contributed by atoms with Gasteiger partial charge in [-0.15, -0.1) is 0 Å². The number of anilines is 1. The molecule has 32 heavy (non-hydrogen) atoms. The molecule has 178 valence electrons. The molecule has 1 aromatic carbocycles. The zero-order chi connectivity index (χ0) is 22.5. The first-order chi connectivity index (χ1) is 15.0. The molecule has 0 bridgehead atoms. The lowest BCUT2D eigenvalue weighted by atomic mass is 10.1. The molecule has 0 aliphatic carbocycles. The summed E-state index contributed by atoms with van der Waals surface area (Å²) in [5.41, 5.74) is 0.457. The second-order valence-electron chi connectivity index (χ2n) is 7.09. The third-order valence-electron chi connectivity index (χ3n) is 4.38. The number of rotatable bonds is 14. The van der Waals surface area contributed by atoms with E-state index in [9.17, 15) is 9.59 Å². The van der Waals surface area contributed by atoms with E-state index >= 15 is 0 Å². The first kappa shape index (κ1) is 28.2. The molecule has 0 saturated carbocycles. The van der Waals surface area contributed by atoms with Gasteiger partial charge in [0.1, 0.15) is 10.6 Å². The van der Waals surface area contributed by atoms with Crippen molar-refractivity contribution in [2.75, 3.05) is 18.9 Å². The normalized spacial score (nSPS) is 10.5. The van der Waals surface area contributed by atoms with Crippen LogP contribution in [-0.2, 0) is 0 Å². The van der Waals surface area contributed by atoms with Gasteiger partial charge in [-0.25, -0.2) is 4.98 Å². The van der Waals surface area contributed by atoms with Crippen LogP contribution in [0.4, 0.5) is 5.13 Å². The minimum Gasteiger partial charge on any atom is -0.409 e. The summed E-state index contributed by atoms with van der Waals surface area (Å²) >= 11 is 2.14. The summed E-state index contributed by atoms with van der Waals surface area (Å²) in [6.07, 6.45) is 9.90. The number of nitrogens with one attached hydrogen (secondary N) is 2. The molecule has 0 aliphatic rings. The second-order valence-corrected chi connectivity index (χ2v) is 9.01. The third kappa shape index (κ3) is 10.7. The molecule has 2 amide bonds. The minimum absolute atomic E-state index is 0. The Hall–Kier alpha value is -1.79. The summed E-state index contributed by atoms with van der Waals surface area (Å²) in [4.78, 5) is 29.3. The average Bonchev–Trinajstić information content (AvgIpc) is 3.23. The molecule has 0 atom stereocenters. The van der Waals surface area contributed by atoms with Crippen LogP contribution in [0.2, 0.25) is 0 Å². The lowest BCUT2D eigenvalue weighted by molar-refractivity contribution is 0.0955. The van der Waals surface area contributed by atoms with E-state index in [2.05, 4.69) is 22.5 Å². The standard InChI is InChI=1S/C21H31N5O3S2.H2S/c1-3-4-5-6-7-8-9-14-23-20(28)18-15-24-21(30-18)25-19(27)16-10-12-17(13-11-16)29-31-26(2)22;/h10-13,15H,3-9,14,22H2,1-2H3,(H,23,28)(H,24,25,27);1H2. The molecule has 2 aromatic rings. The van der Waals surface area contributed by atoms with Crippen LogP contribution >= 0.6 is 37.1 Å². The molecule has 0 spiro atoms. The van der Waals surface area contributed by atoms with Crippen molar-refractivity contribution in [1.29, 1.82) is 0 Å². The van der Waals surface area contributed by atoms with Gasteiger partial charge in [0.15, 0.2) is 17.4 Å². The molecule has 11 heteroatoms. The quantitative estimate of drug-likeness (QED) is 0.113. The molecular weight excluding hydrogens is 466 g/mol. The number of nitrogens with two attached hydrogens (primary N) is 1. The van der Waals surface area contributed by atoms with Crippen molar-refractivity contribution in [2.24, 2.45) is 5.84 Å². The van der Waals surface area contributed by atoms with Crippen LogP contribution in [0.5, 0.6) is 5.75 Å². The Labute approximate surface area is 205 Å². The van der Waals surface area contributed by atoms with E-state index in [1.807, 2.05) is 0 Å². The van der Waals surface area contributed by atoms with Gasteiger partial charge in [-0.1, -0.05) is 56.8 Å². The van der Waals surface area contributed by atoms with Gasteiger partial charge in [0.25, 0.3) is 11.8 Å². The Bertz CT molecular complexity index is 815. The minimum atomic E-state index is -0.306. The van der Waals surface area contributed by atoms with Crippen molar-refractivity contribution < 1.29 is 13.8 Å². The number of carbonyl (C=O) groups excluding carboxylic acids is 2. The zero-order valence-corrected chi connectivity index (χ0v) is 21.2. The van der Waals surface area contributed by atoms with Crippen molar-refractivity contribution >= 4 is 54.0 Å². The topological polar surface area (TPSA) is 110 Å². The molecule has 1 aromatic heterocycles. The van der Waals surface area contributed by atoms with Gasteiger partial charge in [-0.3, -0.25) is 20.7 Å². The second kappa shape index (κ2) is 15.9. The van der Waals surface area contributed by atoms with Gasteiger partial charge in [0.05, 0.1) is 6.20 Å². The highest BCUT2D eigenvalue weighted by atomic mass is 32.2. The Morgan fingerprint density at radius 3 is 2.41 bits per heavy atom. The highest BCUT2D eigenvalue weighted by Gasteiger charge is 2.13. The van der Waals surface area contributed by atoms with Crippen LogP contribution in [0.25, 0.3) is 0 Å². The van der Waals surface area contributed by atoms with Gasteiger partial charge in [-0.2, -0.15) is 17.9 Å². The van der Waals surface area contributed by atoms with Crippen molar-refractivity contribution in [2.45, 2.75) is 51.9 Å². The number of hydrogen-bond acceptors (Lipinski definition) is 8. The summed E-state index contributed by atoms with van der Waals surface area (Å²) in [5.74, 6) is 5.57. The fourth-order valence-electron chi connectivity index (χ4n) is 2.74. The Morgan fingerprint density at radius 2 is 1.75 bits per heavy atom. The molecule has 0 unspecified atom stereocenters. The molecule has 0 fully saturated rings. The maximum Gasteiger partial charge on any atom is 0.263 e. The number of carbonyl (C=O) groups is 2. The van der Waals surface area contributed by atoms with E-state index < -0.39 is 0 Å². The predicted molar refractivity (Wildman–Crippen MR) is 137 cm³/mol. The first-order valence-electron chi connectivity index (χ1n) is 10.5. The van der Waals surface area contributed by atoms with Crippen LogP contribution < -0.4 is 20.7 Å². The van der Waals surface area contributed by atoms with Gasteiger partial charge in [0.2, 0.25) is 0 Å². The van der Waals surface area contributed by atoms with Crippen LogP contribution in [-0.4, -0.2) is 34.8 Å². The molecular formula is C21H33N5O3S3. The van der Waals surface area contributed by atoms with Gasteiger partial charge in [0, 0.05) is 19.2 Å². The Morgan fingerprint density at radius 1 is 1.09 bits per heavy atom. The number of hydrazine groups is 1. The van der Waals surface area contributed by atoms with Gasteiger partial charge < -0.3 is 9.50 Å². The lowest BCUT2D eigenvalue weighted by Gasteiger charge is -2.08. The molecule has 1 heterocycles. The molecule has 4 N–H and O–H groups in total. The van der Waals surface area contributed by atoms with Crippen molar-refractivity contribution in [3.8, 4) is 5.75 Å². The number of nitrogens with zero attached hydrogens (tertiary/aromatic N) is 2. The van der Waals surface area contributed by atoms with E-state index in [-0.39, 0.29) is 25.3 Å². The zero-order valence-electron chi connectivity index (χ0n) is 18.6. The molecule has 8 nitrogen and oxygen atoms in total. The number of amides is 2. The maximum absolute atomic E-state index is 12.4.